The van der Waals surface area contributed by atoms with Gasteiger partial charge in [-0.2, -0.15) is 0 Å². The van der Waals surface area contributed by atoms with Gasteiger partial charge in [-0.15, -0.1) is 0 Å². The second kappa shape index (κ2) is 3.22. The van der Waals surface area contributed by atoms with Gasteiger partial charge in [0.25, 0.3) is 5.56 Å². The van der Waals surface area contributed by atoms with Gasteiger partial charge in [0.1, 0.15) is 11.0 Å². The van der Waals surface area contributed by atoms with Crippen molar-refractivity contribution in [3.8, 4) is 0 Å². The molecule has 1 N–H and O–H groups in total. The van der Waals surface area contributed by atoms with Crippen molar-refractivity contribution in [1.82, 2.24) is 15.0 Å². The lowest BCUT2D eigenvalue weighted by Gasteiger charge is -1.99. The molecule has 0 saturated heterocycles. The van der Waals surface area contributed by atoms with E-state index in [1.54, 1.807) is 6.92 Å². The van der Waals surface area contributed by atoms with E-state index in [0.29, 0.717) is 16.9 Å². The maximum Gasteiger partial charge on any atom is 0.260 e. The predicted octanol–water partition coefficient (Wildman–Crippen LogP) is 1.93. The molecule has 0 spiro atoms. The monoisotopic (exact) mass is 229 g/mol. The minimum Gasteiger partial charge on any atom is -0.310 e. The first-order valence-electron chi connectivity index (χ1n) is 3.80. The van der Waals surface area contributed by atoms with Crippen LogP contribution >= 0.6 is 23.2 Å². The zero-order valence-corrected chi connectivity index (χ0v) is 8.65. The SMILES string of the molecule is Cc1nc2nc(Cl)c(Cl)cc2c(=O)[nH]1. The Balaban J connectivity index is 2.96. The molecule has 0 amide bonds. The van der Waals surface area contributed by atoms with Crippen molar-refractivity contribution < 1.29 is 0 Å². The number of hydrogen-bond acceptors (Lipinski definition) is 3. The lowest BCUT2D eigenvalue weighted by atomic mass is 10.3. The van der Waals surface area contributed by atoms with Crippen LogP contribution in [0, 0.1) is 6.92 Å². The van der Waals surface area contributed by atoms with Gasteiger partial charge in [0.15, 0.2) is 5.65 Å². The highest BCUT2D eigenvalue weighted by molar-refractivity contribution is 6.41. The summed E-state index contributed by atoms with van der Waals surface area (Å²) in [6.07, 6.45) is 0. The molecule has 2 rings (SSSR count). The first-order chi connectivity index (χ1) is 6.58. The highest BCUT2D eigenvalue weighted by Gasteiger charge is 2.07. The van der Waals surface area contributed by atoms with Crippen LogP contribution in [0.15, 0.2) is 10.9 Å². The average Bonchev–Trinajstić information content (AvgIpc) is 2.08. The molecule has 0 fully saturated rings. The molecule has 0 saturated carbocycles. The van der Waals surface area contributed by atoms with Crippen molar-refractivity contribution in [3.05, 3.63) is 32.4 Å². The molecule has 0 unspecified atom stereocenters. The zero-order chi connectivity index (χ0) is 10.3. The molecule has 0 radical (unpaired) electrons. The first-order valence-corrected chi connectivity index (χ1v) is 4.56. The molecule has 6 heteroatoms. The van der Waals surface area contributed by atoms with E-state index >= 15 is 0 Å². The van der Waals surface area contributed by atoms with Crippen LogP contribution in [0.1, 0.15) is 5.82 Å². The fraction of sp³-hybridized carbons (Fsp3) is 0.125. The minimum atomic E-state index is -0.265. The van der Waals surface area contributed by atoms with E-state index in [0.717, 1.165) is 0 Å². The van der Waals surface area contributed by atoms with Gasteiger partial charge in [-0.25, -0.2) is 9.97 Å². The molecular formula is C8H5Cl2N3O. The number of aromatic nitrogens is 3. The van der Waals surface area contributed by atoms with E-state index in [1.165, 1.54) is 6.07 Å². The Labute approximate surface area is 88.9 Å². The Bertz CT molecular complexity index is 564. The number of aryl methyl sites for hydroxylation is 1. The molecule has 0 bridgehead atoms. The second-order valence-electron chi connectivity index (χ2n) is 2.78. The van der Waals surface area contributed by atoms with Gasteiger partial charge < -0.3 is 4.98 Å². The molecule has 72 valence electrons. The third kappa shape index (κ3) is 1.47. The van der Waals surface area contributed by atoms with Crippen molar-refractivity contribution in [2.75, 3.05) is 0 Å². The number of halogens is 2. The molecule has 0 aromatic carbocycles. The standard InChI is InChI=1S/C8H5Cl2N3O/c1-3-11-7-4(8(14)12-3)2-5(9)6(10)13-7/h2H,1H3,(H,11,12,13,14). The average molecular weight is 230 g/mol. The summed E-state index contributed by atoms with van der Waals surface area (Å²) in [7, 11) is 0. The summed E-state index contributed by atoms with van der Waals surface area (Å²) in [5.74, 6) is 0.494. The molecule has 0 aliphatic carbocycles. The fourth-order valence-electron chi connectivity index (χ4n) is 1.13. The fourth-order valence-corrected chi connectivity index (χ4v) is 1.41. The van der Waals surface area contributed by atoms with E-state index in [2.05, 4.69) is 15.0 Å². The quantitative estimate of drug-likeness (QED) is 0.703. The van der Waals surface area contributed by atoms with E-state index in [-0.39, 0.29) is 15.7 Å². The Hall–Kier alpha value is -1.13. The normalized spacial score (nSPS) is 10.8. The van der Waals surface area contributed by atoms with E-state index < -0.39 is 0 Å². The topological polar surface area (TPSA) is 58.6 Å². The number of aromatic amines is 1. The zero-order valence-electron chi connectivity index (χ0n) is 7.14. The number of nitrogens with zero attached hydrogens (tertiary/aromatic N) is 2. The summed E-state index contributed by atoms with van der Waals surface area (Å²) in [4.78, 5) is 21.9. The molecule has 4 nitrogen and oxygen atoms in total. The van der Waals surface area contributed by atoms with E-state index in [9.17, 15) is 4.79 Å². The largest absolute Gasteiger partial charge is 0.310 e. The highest BCUT2D eigenvalue weighted by atomic mass is 35.5. The van der Waals surface area contributed by atoms with Crippen LogP contribution in [0.3, 0.4) is 0 Å². The van der Waals surface area contributed by atoms with Crippen molar-refractivity contribution in [1.29, 1.82) is 0 Å². The van der Waals surface area contributed by atoms with E-state index in [1.807, 2.05) is 0 Å². The van der Waals surface area contributed by atoms with Gasteiger partial charge in [0.05, 0.1) is 10.4 Å². The minimum absolute atomic E-state index is 0.150. The third-order valence-electron chi connectivity index (χ3n) is 1.73. The highest BCUT2D eigenvalue weighted by Crippen LogP contribution is 2.21. The van der Waals surface area contributed by atoms with Crippen molar-refractivity contribution in [2.45, 2.75) is 6.92 Å². The molecular weight excluding hydrogens is 225 g/mol. The molecule has 2 heterocycles. The summed E-state index contributed by atoms with van der Waals surface area (Å²) >= 11 is 11.4. The number of fused-ring (bicyclic) bond motifs is 1. The number of rotatable bonds is 0. The van der Waals surface area contributed by atoms with Gasteiger partial charge >= 0.3 is 0 Å². The maximum atomic E-state index is 11.4. The molecule has 0 aliphatic heterocycles. The molecule has 0 atom stereocenters. The molecule has 14 heavy (non-hydrogen) atoms. The summed E-state index contributed by atoms with van der Waals surface area (Å²) in [5, 5.41) is 0.733. The van der Waals surface area contributed by atoms with Crippen LogP contribution in [0.4, 0.5) is 0 Å². The Morgan fingerprint density at radius 1 is 1.36 bits per heavy atom. The van der Waals surface area contributed by atoms with Gasteiger partial charge in [-0.1, -0.05) is 23.2 Å². The summed E-state index contributed by atoms with van der Waals surface area (Å²) < 4.78 is 0. The van der Waals surface area contributed by atoms with Gasteiger partial charge in [0.2, 0.25) is 0 Å². The van der Waals surface area contributed by atoms with Crippen LogP contribution in [-0.2, 0) is 0 Å². The maximum absolute atomic E-state index is 11.4. The van der Waals surface area contributed by atoms with Crippen LogP contribution < -0.4 is 5.56 Å². The number of pyridine rings is 1. The predicted molar refractivity (Wildman–Crippen MR) is 54.9 cm³/mol. The van der Waals surface area contributed by atoms with Crippen LogP contribution in [0.5, 0.6) is 0 Å². The third-order valence-corrected chi connectivity index (χ3v) is 2.40. The Morgan fingerprint density at radius 2 is 2.07 bits per heavy atom. The van der Waals surface area contributed by atoms with Crippen molar-refractivity contribution in [2.24, 2.45) is 0 Å². The Morgan fingerprint density at radius 3 is 2.79 bits per heavy atom. The first kappa shape index (κ1) is 9.43. The lowest BCUT2D eigenvalue weighted by Crippen LogP contribution is -2.10. The van der Waals surface area contributed by atoms with Gasteiger partial charge in [-0.05, 0) is 13.0 Å². The van der Waals surface area contributed by atoms with Crippen LogP contribution in [-0.4, -0.2) is 15.0 Å². The van der Waals surface area contributed by atoms with Crippen molar-refractivity contribution in [3.63, 3.8) is 0 Å². The molecule has 2 aromatic heterocycles. The van der Waals surface area contributed by atoms with Crippen LogP contribution in [0.25, 0.3) is 11.0 Å². The number of nitrogens with one attached hydrogen (secondary N) is 1. The number of hydrogen-bond donors (Lipinski definition) is 1. The summed E-state index contributed by atoms with van der Waals surface area (Å²) in [6, 6.07) is 1.46. The van der Waals surface area contributed by atoms with Crippen molar-refractivity contribution >= 4 is 34.2 Å². The van der Waals surface area contributed by atoms with Gasteiger partial charge in [-0.3, -0.25) is 4.79 Å². The Kier molecular flexibility index (Phi) is 2.17. The van der Waals surface area contributed by atoms with Gasteiger partial charge in [0, 0.05) is 0 Å². The molecule has 0 aliphatic rings. The summed E-state index contributed by atoms with van der Waals surface area (Å²) in [6.45, 7) is 1.67. The smallest absolute Gasteiger partial charge is 0.260 e. The lowest BCUT2D eigenvalue weighted by molar-refractivity contribution is 1.04. The van der Waals surface area contributed by atoms with E-state index in [4.69, 9.17) is 23.2 Å². The summed E-state index contributed by atoms with van der Waals surface area (Å²) in [5.41, 5.74) is 0.0409. The molecule has 2 aromatic rings. The second-order valence-corrected chi connectivity index (χ2v) is 3.55. The number of H-pyrrole nitrogens is 1. The van der Waals surface area contributed by atoms with Crippen LogP contribution in [0.2, 0.25) is 10.2 Å².